The first kappa shape index (κ1) is 13.1. The lowest BCUT2D eigenvalue weighted by molar-refractivity contribution is -0.0332. The predicted molar refractivity (Wildman–Crippen MR) is 74.1 cm³/mol. The highest BCUT2D eigenvalue weighted by atomic mass is 79.9. The zero-order chi connectivity index (χ0) is 12.3. The number of ether oxygens (including phenoxy) is 1. The highest BCUT2D eigenvalue weighted by Crippen LogP contribution is 2.24. The van der Waals surface area contributed by atoms with Gasteiger partial charge in [0.1, 0.15) is 0 Å². The van der Waals surface area contributed by atoms with E-state index in [1.54, 1.807) is 0 Å². The summed E-state index contributed by atoms with van der Waals surface area (Å²) in [5.74, 6) is 0.721. The summed E-state index contributed by atoms with van der Waals surface area (Å²) in [4.78, 5) is 2.50. The highest BCUT2D eigenvalue weighted by Gasteiger charge is 2.22. The molecule has 0 N–H and O–H groups in total. The minimum atomic E-state index is 0.232. The fourth-order valence-corrected chi connectivity index (χ4v) is 2.53. The van der Waals surface area contributed by atoms with Crippen molar-refractivity contribution < 1.29 is 4.74 Å². The molecule has 1 heterocycles. The van der Waals surface area contributed by atoms with Crippen molar-refractivity contribution in [2.75, 3.05) is 26.2 Å². The molecular formula is C14H20BrNO. The number of benzene rings is 1. The maximum absolute atomic E-state index is 5.86. The van der Waals surface area contributed by atoms with Gasteiger partial charge in [-0.15, -0.1) is 0 Å². The summed E-state index contributed by atoms with van der Waals surface area (Å²) in [7, 11) is 0. The Labute approximate surface area is 112 Å². The molecule has 17 heavy (non-hydrogen) atoms. The van der Waals surface area contributed by atoms with Crippen LogP contribution >= 0.6 is 15.9 Å². The molecule has 1 aliphatic rings. The molecule has 1 unspecified atom stereocenters. The third-order valence-electron chi connectivity index (χ3n) is 3.02. The monoisotopic (exact) mass is 297 g/mol. The lowest BCUT2D eigenvalue weighted by Crippen LogP contribution is -2.40. The van der Waals surface area contributed by atoms with Gasteiger partial charge in [-0.2, -0.15) is 0 Å². The maximum Gasteiger partial charge on any atom is 0.0952 e. The minimum absolute atomic E-state index is 0.232. The van der Waals surface area contributed by atoms with E-state index < -0.39 is 0 Å². The number of rotatable bonds is 3. The SMILES string of the molecule is CC(C)CN1CCOC(c2ccc(Br)cc2)C1. The van der Waals surface area contributed by atoms with Crippen molar-refractivity contribution in [3.8, 4) is 0 Å². The number of halogens is 1. The van der Waals surface area contributed by atoms with Crippen LogP contribution in [0.2, 0.25) is 0 Å². The molecule has 1 atom stereocenters. The molecule has 2 rings (SSSR count). The Hall–Kier alpha value is -0.380. The summed E-state index contributed by atoms with van der Waals surface area (Å²) in [6, 6.07) is 8.46. The van der Waals surface area contributed by atoms with E-state index >= 15 is 0 Å². The van der Waals surface area contributed by atoms with Crippen molar-refractivity contribution in [2.45, 2.75) is 20.0 Å². The Kier molecular flexibility index (Phi) is 4.60. The first-order valence-electron chi connectivity index (χ1n) is 6.24. The molecule has 1 aromatic carbocycles. The molecule has 0 spiro atoms. The van der Waals surface area contributed by atoms with Crippen molar-refractivity contribution in [1.29, 1.82) is 0 Å². The Balaban J connectivity index is 1.99. The van der Waals surface area contributed by atoms with Crippen LogP contribution in [0.4, 0.5) is 0 Å². The Morgan fingerprint density at radius 3 is 2.71 bits per heavy atom. The molecule has 94 valence electrons. The summed E-state index contributed by atoms with van der Waals surface area (Å²) >= 11 is 3.46. The number of nitrogens with zero attached hydrogens (tertiary/aromatic N) is 1. The summed E-state index contributed by atoms with van der Waals surface area (Å²) in [6.45, 7) is 8.61. The van der Waals surface area contributed by atoms with Crippen LogP contribution in [-0.4, -0.2) is 31.1 Å². The fraction of sp³-hybridized carbons (Fsp3) is 0.571. The topological polar surface area (TPSA) is 12.5 Å². The van der Waals surface area contributed by atoms with Gasteiger partial charge in [0.2, 0.25) is 0 Å². The van der Waals surface area contributed by atoms with Crippen LogP contribution in [0.1, 0.15) is 25.5 Å². The van der Waals surface area contributed by atoms with Crippen LogP contribution in [-0.2, 0) is 4.74 Å². The molecule has 0 radical (unpaired) electrons. The molecule has 0 bridgehead atoms. The van der Waals surface area contributed by atoms with Gasteiger partial charge >= 0.3 is 0 Å². The van der Waals surface area contributed by atoms with Crippen molar-refractivity contribution in [2.24, 2.45) is 5.92 Å². The second-order valence-electron chi connectivity index (χ2n) is 5.06. The largest absolute Gasteiger partial charge is 0.371 e. The van der Waals surface area contributed by atoms with E-state index in [2.05, 4.69) is 58.9 Å². The van der Waals surface area contributed by atoms with Crippen molar-refractivity contribution >= 4 is 15.9 Å². The molecule has 1 fully saturated rings. The second kappa shape index (κ2) is 5.98. The van der Waals surface area contributed by atoms with Crippen LogP contribution in [0.3, 0.4) is 0 Å². The van der Waals surface area contributed by atoms with Gasteiger partial charge in [-0.25, -0.2) is 0 Å². The van der Waals surface area contributed by atoms with Crippen molar-refractivity contribution in [1.82, 2.24) is 4.90 Å². The van der Waals surface area contributed by atoms with Gasteiger partial charge in [0.05, 0.1) is 12.7 Å². The molecule has 0 amide bonds. The number of hydrogen-bond donors (Lipinski definition) is 0. The number of morpholine rings is 1. The van der Waals surface area contributed by atoms with E-state index in [1.165, 1.54) is 5.56 Å². The first-order valence-corrected chi connectivity index (χ1v) is 7.04. The van der Waals surface area contributed by atoms with Crippen LogP contribution in [0.25, 0.3) is 0 Å². The average Bonchev–Trinajstić information content (AvgIpc) is 2.29. The predicted octanol–water partition coefficient (Wildman–Crippen LogP) is 3.48. The normalized spacial score (nSPS) is 22.0. The summed E-state index contributed by atoms with van der Waals surface area (Å²) in [5, 5.41) is 0. The standard InChI is InChI=1S/C14H20BrNO/c1-11(2)9-16-7-8-17-14(10-16)12-3-5-13(15)6-4-12/h3-6,11,14H,7-10H2,1-2H3. The smallest absolute Gasteiger partial charge is 0.0952 e. The first-order chi connectivity index (χ1) is 8.15. The lowest BCUT2D eigenvalue weighted by Gasteiger charge is -2.34. The second-order valence-corrected chi connectivity index (χ2v) is 5.98. The third-order valence-corrected chi connectivity index (χ3v) is 3.54. The summed E-state index contributed by atoms with van der Waals surface area (Å²) in [5.41, 5.74) is 1.28. The highest BCUT2D eigenvalue weighted by molar-refractivity contribution is 9.10. The summed E-state index contributed by atoms with van der Waals surface area (Å²) in [6.07, 6.45) is 0.232. The van der Waals surface area contributed by atoms with Crippen molar-refractivity contribution in [3.05, 3.63) is 34.3 Å². The zero-order valence-corrected chi connectivity index (χ0v) is 12.1. The Bertz CT molecular complexity index is 350. The third kappa shape index (κ3) is 3.80. The van der Waals surface area contributed by atoms with E-state index in [4.69, 9.17) is 4.74 Å². The molecule has 0 aliphatic carbocycles. The Morgan fingerprint density at radius 2 is 2.06 bits per heavy atom. The number of hydrogen-bond acceptors (Lipinski definition) is 2. The van der Waals surface area contributed by atoms with E-state index in [9.17, 15) is 0 Å². The van der Waals surface area contributed by atoms with Crippen LogP contribution in [0.15, 0.2) is 28.7 Å². The molecular weight excluding hydrogens is 278 g/mol. The molecule has 3 heteroatoms. The van der Waals surface area contributed by atoms with Crippen LogP contribution in [0.5, 0.6) is 0 Å². The van der Waals surface area contributed by atoms with Gasteiger partial charge in [0.25, 0.3) is 0 Å². The molecule has 1 saturated heterocycles. The van der Waals surface area contributed by atoms with Crippen molar-refractivity contribution in [3.63, 3.8) is 0 Å². The molecule has 0 aromatic heterocycles. The van der Waals surface area contributed by atoms with Gasteiger partial charge in [-0.3, -0.25) is 4.90 Å². The van der Waals surface area contributed by atoms with Gasteiger partial charge in [0, 0.05) is 24.1 Å². The Morgan fingerprint density at radius 1 is 1.35 bits per heavy atom. The maximum atomic E-state index is 5.86. The van der Waals surface area contributed by atoms with E-state index in [0.717, 1.165) is 36.6 Å². The molecule has 1 aromatic rings. The van der Waals surface area contributed by atoms with Crippen LogP contribution < -0.4 is 0 Å². The zero-order valence-electron chi connectivity index (χ0n) is 10.5. The van der Waals surface area contributed by atoms with Gasteiger partial charge in [-0.05, 0) is 23.6 Å². The van der Waals surface area contributed by atoms with Gasteiger partial charge in [-0.1, -0.05) is 41.9 Å². The van der Waals surface area contributed by atoms with Gasteiger partial charge in [0.15, 0.2) is 0 Å². The average molecular weight is 298 g/mol. The van der Waals surface area contributed by atoms with E-state index in [-0.39, 0.29) is 6.10 Å². The molecule has 0 saturated carbocycles. The fourth-order valence-electron chi connectivity index (χ4n) is 2.26. The minimum Gasteiger partial charge on any atom is -0.371 e. The van der Waals surface area contributed by atoms with Crippen LogP contribution in [0, 0.1) is 5.92 Å². The van der Waals surface area contributed by atoms with E-state index in [0.29, 0.717) is 0 Å². The van der Waals surface area contributed by atoms with Gasteiger partial charge < -0.3 is 4.74 Å². The molecule has 2 nitrogen and oxygen atoms in total. The molecule has 1 aliphatic heterocycles. The summed E-state index contributed by atoms with van der Waals surface area (Å²) < 4.78 is 6.98. The lowest BCUT2D eigenvalue weighted by atomic mass is 10.1. The quantitative estimate of drug-likeness (QED) is 0.847. The van der Waals surface area contributed by atoms with E-state index in [1.807, 2.05) is 0 Å².